The zero-order valence-electron chi connectivity index (χ0n) is 10.6. The molecule has 0 saturated carbocycles. The number of esters is 1. The summed E-state index contributed by atoms with van der Waals surface area (Å²) in [6.45, 7) is 1.69. The summed E-state index contributed by atoms with van der Waals surface area (Å²) >= 11 is 2.34. The van der Waals surface area contributed by atoms with Gasteiger partial charge in [-0.2, -0.15) is 0 Å². The number of aryl methyl sites for hydroxylation is 1. The number of ether oxygens (including phenoxy) is 1. The minimum atomic E-state index is -0.428. The fraction of sp³-hybridized carbons (Fsp3) is 0.300. The van der Waals surface area contributed by atoms with Crippen molar-refractivity contribution in [3.8, 4) is 0 Å². The van der Waals surface area contributed by atoms with E-state index in [-0.39, 0.29) is 17.4 Å². The molecule has 2 aromatic heterocycles. The molecule has 1 N–H and O–H groups in total. The molecular weight excluding hydrogens is 304 g/mol. The van der Waals surface area contributed by atoms with E-state index in [1.54, 1.807) is 6.92 Å². The smallest absolute Gasteiger partial charge is 0.316 e. The Bertz CT molecular complexity index is 624. The first-order valence-electron chi connectivity index (χ1n) is 5.36. The minimum Gasteiger partial charge on any atom is -0.468 e. The van der Waals surface area contributed by atoms with Crippen molar-refractivity contribution in [3.05, 3.63) is 17.5 Å². The van der Waals surface area contributed by atoms with E-state index in [0.29, 0.717) is 15.2 Å². The molecule has 0 bridgehead atoms. The molecule has 106 valence electrons. The number of thioether (sulfide) groups is 1. The Morgan fingerprint density at radius 3 is 2.95 bits per heavy atom. The molecule has 0 radical (unpaired) electrons. The van der Waals surface area contributed by atoms with Gasteiger partial charge in [0.05, 0.1) is 12.9 Å². The first kappa shape index (κ1) is 14.5. The zero-order valence-corrected chi connectivity index (χ0v) is 12.2. The van der Waals surface area contributed by atoms with Crippen molar-refractivity contribution in [2.45, 2.75) is 11.3 Å². The fourth-order valence-electron chi connectivity index (χ4n) is 1.13. The number of methoxy groups -OCH3 is 1. The Labute approximate surface area is 121 Å². The number of amides is 1. The molecule has 0 fully saturated rings. The third-order valence-corrected chi connectivity index (χ3v) is 3.97. The largest absolute Gasteiger partial charge is 0.468 e. The van der Waals surface area contributed by atoms with Gasteiger partial charge >= 0.3 is 5.97 Å². The first-order valence-corrected chi connectivity index (χ1v) is 7.16. The van der Waals surface area contributed by atoms with E-state index in [1.165, 1.54) is 24.9 Å². The Balaban J connectivity index is 1.92. The predicted molar refractivity (Wildman–Crippen MR) is 71.8 cm³/mol. The quantitative estimate of drug-likeness (QED) is 0.500. The number of aromatic nitrogens is 3. The molecule has 0 aromatic carbocycles. The molecule has 20 heavy (non-hydrogen) atoms. The lowest BCUT2D eigenvalue weighted by Crippen LogP contribution is -2.11. The Morgan fingerprint density at radius 2 is 2.30 bits per heavy atom. The molecule has 1 amide bonds. The van der Waals surface area contributed by atoms with Gasteiger partial charge in [-0.1, -0.05) is 28.3 Å². The van der Waals surface area contributed by atoms with Crippen LogP contribution in [-0.4, -0.2) is 40.1 Å². The van der Waals surface area contributed by atoms with Gasteiger partial charge < -0.3 is 9.26 Å². The van der Waals surface area contributed by atoms with Crippen LogP contribution in [-0.2, 0) is 9.53 Å². The maximum absolute atomic E-state index is 11.8. The monoisotopic (exact) mass is 314 g/mol. The van der Waals surface area contributed by atoms with Gasteiger partial charge in [-0.15, -0.1) is 10.2 Å². The minimum absolute atomic E-state index is 0.140. The van der Waals surface area contributed by atoms with Crippen LogP contribution in [0.2, 0.25) is 0 Å². The molecular formula is C10H10N4O4S2. The normalized spacial score (nSPS) is 10.3. The van der Waals surface area contributed by atoms with Gasteiger partial charge in [0, 0.05) is 6.07 Å². The van der Waals surface area contributed by atoms with Crippen LogP contribution in [0.25, 0.3) is 0 Å². The summed E-state index contributed by atoms with van der Waals surface area (Å²) in [5.41, 5.74) is 0.168. The van der Waals surface area contributed by atoms with E-state index in [1.807, 2.05) is 0 Å². The summed E-state index contributed by atoms with van der Waals surface area (Å²) < 4.78 is 9.88. The van der Waals surface area contributed by atoms with Crippen LogP contribution >= 0.6 is 23.1 Å². The van der Waals surface area contributed by atoms with Gasteiger partial charge in [0.25, 0.3) is 5.91 Å². The van der Waals surface area contributed by atoms with Gasteiger partial charge in [0.15, 0.2) is 10.0 Å². The van der Waals surface area contributed by atoms with Gasteiger partial charge in [0.1, 0.15) is 5.76 Å². The molecule has 8 nitrogen and oxygen atoms in total. The molecule has 0 atom stereocenters. The number of rotatable bonds is 5. The first-order chi connectivity index (χ1) is 9.58. The van der Waals surface area contributed by atoms with Crippen molar-refractivity contribution in [1.82, 2.24) is 15.4 Å². The second kappa shape index (κ2) is 6.48. The van der Waals surface area contributed by atoms with E-state index in [4.69, 9.17) is 4.52 Å². The number of nitrogens with zero attached hydrogens (tertiary/aromatic N) is 3. The summed E-state index contributed by atoms with van der Waals surface area (Å²) in [4.78, 5) is 22.8. The highest BCUT2D eigenvalue weighted by molar-refractivity contribution is 8.01. The molecule has 2 heterocycles. The highest BCUT2D eigenvalue weighted by Crippen LogP contribution is 2.25. The second-order valence-electron chi connectivity index (χ2n) is 3.51. The molecule has 0 saturated heterocycles. The number of hydrogen-bond acceptors (Lipinski definition) is 9. The maximum Gasteiger partial charge on any atom is 0.316 e. The van der Waals surface area contributed by atoms with Crippen LogP contribution in [0.5, 0.6) is 0 Å². The predicted octanol–water partition coefficient (Wildman–Crippen LogP) is 1.35. The lowest BCUT2D eigenvalue weighted by Gasteiger charge is -1.95. The second-order valence-corrected chi connectivity index (χ2v) is 5.71. The van der Waals surface area contributed by atoms with Crippen LogP contribution in [0.1, 0.15) is 16.2 Å². The Morgan fingerprint density at radius 1 is 1.50 bits per heavy atom. The molecule has 0 aliphatic carbocycles. The van der Waals surface area contributed by atoms with E-state index < -0.39 is 5.91 Å². The van der Waals surface area contributed by atoms with Crippen LogP contribution in [0.3, 0.4) is 0 Å². The molecule has 10 heteroatoms. The number of anilines is 1. The SMILES string of the molecule is COC(=O)CSc1nnc(NC(=O)c2cc(C)on2)s1. The highest BCUT2D eigenvalue weighted by atomic mass is 32.2. The van der Waals surface area contributed by atoms with Crippen LogP contribution in [0.4, 0.5) is 5.13 Å². The molecule has 0 spiro atoms. The van der Waals surface area contributed by atoms with Gasteiger partial charge in [-0.25, -0.2) is 0 Å². The maximum atomic E-state index is 11.8. The van der Waals surface area contributed by atoms with Crippen LogP contribution < -0.4 is 5.32 Å². The van der Waals surface area contributed by atoms with Crippen molar-refractivity contribution < 1.29 is 18.8 Å². The lowest BCUT2D eigenvalue weighted by molar-refractivity contribution is -0.137. The number of carbonyl (C=O) groups excluding carboxylic acids is 2. The number of nitrogens with one attached hydrogen (secondary N) is 1. The lowest BCUT2D eigenvalue weighted by atomic mass is 10.4. The van der Waals surface area contributed by atoms with Crippen molar-refractivity contribution in [2.75, 3.05) is 18.2 Å². The van der Waals surface area contributed by atoms with E-state index in [9.17, 15) is 9.59 Å². The van der Waals surface area contributed by atoms with Gasteiger partial charge in [0.2, 0.25) is 5.13 Å². The average molecular weight is 314 g/mol. The number of carbonyl (C=O) groups is 2. The molecule has 0 unspecified atom stereocenters. The third kappa shape index (κ3) is 3.78. The fourth-order valence-corrected chi connectivity index (χ4v) is 2.71. The summed E-state index contributed by atoms with van der Waals surface area (Å²) in [6.07, 6.45) is 0. The molecule has 0 aliphatic heterocycles. The van der Waals surface area contributed by atoms with Crippen molar-refractivity contribution >= 4 is 40.1 Å². The van der Waals surface area contributed by atoms with E-state index >= 15 is 0 Å². The summed E-state index contributed by atoms with van der Waals surface area (Å²) in [6, 6.07) is 1.52. The highest BCUT2D eigenvalue weighted by Gasteiger charge is 2.14. The molecule has 2 rings (SSSR count). The van der Waals surface area contributed by atoms with E-state index in [2.05, 4.69) is 25.4 Å². The van der Waals surface area contributed by atoms with E-state index in [0.717, 1.165) is 11.3 Å². The molecule has 0 aliphatic rings. The third-order valence-electron chi connectivity index (χ3n) is 2.03. The van der Waals surface area contributed by atoms with Gasteiger partial charge in [-0.3, -0.25) is 14.9 Å². The Kier molecular flexibility index (Phi) is 4.69. The van der Waals surface area contributed by atoms with Crippen LogP contribution in [0.15, 0.2) is 14.9 Å². The molecule has 2 aromatic rings. The summed E-state index contributed by atoms with van der Waals surface area (Å²) in [5, 5.41) is 14.1. The average Bonchev–Trinajstić information content (AvgIpc) is 3.05. The van der Waals surface area contributed by atoms with Crippen LogP contribution in [0, 0.1) is 6.92 Å². The summed E-state index contributed by atoms with van der Waals surface area (Å²) in [5.74, 6) is -0.0974. The van der Waals surface area contributed by atoms with Crippen molar-refractivity contribution in [2.24, 2.45) is 0 Å². The zero-order chi connectivity index (χ0) is 14.5. The standard InChI is InChI=1S/C10H10N4O4S2/c1-5-3-6(14-18-5)8(16)11-9-12-13-10(20-9)19-4-7(15)17-2/h3H,4H2,1-2H3,(H,11,12,16). The topological polar surface area (TPSA) is 107 Å². The summed E-state index contributed by atoms with van der Waals surface area (Å²) in [7, 11) is 1.31. The number of hydrogen-bond donors (Lipinski definition) is 1. The van der Waals surface area contributed by atoms with Crippen molar-refractivity contribution in [1.29, 1.82) is 0 Å². The Hall–Kier alpha value is -1.94. The van der Waals surface area contributed by atoms with Crippen molar-refractivity contribution in [3.63, 3.8) is 0 Å². The van der Waals surface area contributed by atoms with Gasteiger partial charge in [-0.05, 0) is 6.92 Å².